The molecule has 2 aromatic heterocycles. The van der Waals surface area contributed by atoms with Gasteiger partial charge in [-0.05, 0) is 42.3 Å². The van der Waals surface area contributed by atoms with Crippen LogP contribution in [0, 0.1) is 17.2 Å². The van der Waals surface area contributed by atoms with Crippen molar-refractivity contribution in [1.82, 2.24) is 4.98 Å². The van der Waals surface area contributed by atoms with E-state index in [2.05, 4.69) is 126 Å². The van der Waals surface area contributed by atoms with Crippen LogP contribution in [-0.2, 0) is 0 Å². The molecule has 0 saturated carbocycles. The Kier molecular flexibility index (Phi) is 7.85. The van der Waals surface area contributed by atoms with Crippen molar-refractivity contribution in [3.05, 3.63) is 127 Å². The molecule has 5 rings (SSSR count). The van der Waals surface area contributed by atoms with Crippen molar-refractivity contribution in [2.45, 2.75) is 6.92 Å². The molecule has 0 N–H and O–H groups in total. The smallest absolute Gasteiger partial charge is 0.219 e. The summed E-state index contributed by atoms with van der Waals surface area (Å²) in [7, 11) is -4.94. The minimum absolute atomic E-state index is 1.09. The molecule has 6 nitrogen and oxygen atoms in total. The van der Waals surface area contributed by atoms with Crippen LogP contribution < -0.4 is 23.2 Å². The van der Waals surface area contributed by atoms with E-state index < -0.39 is 10.2 Å². The number of hydrogen-bond donors (Lipinski definition) is 0. The lowest BCUT2D eigenvalue weighted by molar-refractivity contribution is -2.00. The second-order valence-electron chi connectivity index (χ2n) is 8.03. The Bertz CT molecular complexity index is 1340. The molecule has 0 atom stereocenters. The van der Waals surface area contributed by atoms with Crippen LogP contribution >= 0.6 is 0 Å². The van der Waals surface area contributed by atoms with Crippen molar-refractivity contribution in [2.24, 2.45) is 0 Å². The number of halogens is 1. The highest BCUT2D eigenvalue weighted by Gasteiger charge is 2.24. The van der Waals surface area contributed by atoms with Crippen LogP contribution in [0.1, 0.15) is 5.56 Å². The monoisotopic (exact) mass is 498 g/mol. The average Bonchev–Trinajstić information content (AvgIpc) is 2.89. The predicted molar refractivity (Wildman–Crippen MR) is 127 cm³/mol. The zero-order chi connectivity index (χ0) is 25.5. The van der Waals surface area contributed by atoms with Crippen LogP contribution in [0.4, 0.5) is 0 Å². The molecule has 0 saturated heterocycles. The van der Waals surface area contributed by atoms with Gasteiger partial charge >= 0.3 is 0 Å². The quantitative estimate of drug-likeness (QED) is 0.352. The summed E-state index contributed by atoms with van der Waals surface area (Å²) in [5, 5.41) is 0. The number of pyridine rings is 2. The fraction of sp³-hybridized carbons (Fsp3) is 0.0345. The van der Waals surface area contributed by atoms with Gasteiger partial charge in [-0.3, -0.25) is 4.98 Å². The molecule has 0 spiro atoms. The van der Waals surface area contributed by atoms with Gasteiger partial charge in [-0.25, -0.2) is 18.6 Å². The van der Waals surface area contributed by atoms with Gasteiger partial charge in [-0.1, -0.05) is 66.2 Å². The van der Waals surface area contributed by atoms with Crippen molar-refractivity contribution in [3.63, 3.8) is 0 Å². The number of benzene rings is 3. The maximum Gasteiger partial charge on any atom is 0.219 e. The summed E-state index contributed by atoms with van der Waals surface area (Å²) in [6, 6.07) is 38.6. The minimum atomic E-state index is -4.94. The van der Waals surface area contributed by atoms with Gasteiger partial charge in [0.05, 0.1) is 0 Å². The van der Waals surface area contributed by atoms with Crippen molar-refractivity contribution >= 4 is 0 Å². The molecule has 0 aliphatic carbocycles. The van der Waals surface area contributed by atoms with Crippen LogP contribution in [0.15, 0.2) is 122 Å². The number of hydrogen-bond acceptors (Lipinski definition) is 5. The third kappa shape index (κ3) is 6.60. The van der Waals surface area contributed by atoms with Gasteiger partial charge in [0.25, 0.3) is 0 Å². The zero-order valence-electron chi connectivity index (χ0n) is 19.5. The summed E-state index contributed by atoms with van der Waals surface area (Å²) in [6.45, 7) is 2.12. The second kappa shape index (κ2) is 11.2. The standard InChI is InChI=1S/C29H23N2.ClHO4/c1-22-12-14-23(15-13-22)26-20-28(24-8-4-2-5-9-24)31(27-16-18-30-19-17-27)29(21-26)25-10-6-3-7-11-25;2-1(3,4)5/h2-21H,1H3;(H,2,3,4,5)/q+1;/p-1. The average molecular weight is 499 g/mol. The third-order valence-electron chi connectivity index (χ3n) is 5.51. The first kappa shape index (κ1) is 25.2. The Hall–Kier alpha value is -3.91. The molecule has 2 heterocycles. The van der Waals surface area contributed by atoms with Gasteiger partial charge in [0, 0.05) is 47.8 Å². The SMILES string of the molecule is Cc1ccc(-c2cc(-c3ccccc3)[n+](-c3ccncc3)c(-c3ccccc3)c2)cc1.[O-][Cl+3]([O-])([O-])[O-]. The molecule has 5 aromatic rings. The van der Waals surface area contributed by atoms with Crippen LogP contribution in [-0.4, -0.2) is 4.98 Å². The molecule has 0 radical (unpaired) electrons. The van der Waals surface area contributed by atoms with Gasteiger partial charge in [-0.2, -0.15) is 4.57 Å². The Balaban J connectivity index is 0.000000556. The molecule has 180 valence electrons. The van der Waals surface area contributed by atoms with E-state index in [0.717, 1.165) is 17.1 Å². The van der Waals surface area contributed by atoms with Crippen molar-refractivity contribution in [1.29, 1.82) is 0 Å². The summed E-state index contributed by atoms with van der Waals surface area (Å²) in [5.74, 6) is 0. The van der Waals surface area contributed by atoms with Gasteiger partial charge in [0.1, 0.15) is 0 Å². The highest BCUT2D eigenvalue weighted by Crippen LogP contribution is 2.30. The first-order chi connectivity index (χ1) is 17.3. The lowest BCUT2D eigenvalue weighted by atomic mass is 9.98. The minimum Gasteiger partial charge on any atom is -0.264 e. The van der Waals surface area contributed by atoms with Crippen molar-refractivity contribution in [2.75, 3.05) is 0 Å². The van der Waals surface area contributed by atoms with E-state index in [-0.39, 0.29) is 0 Å². The molecular weight excluding hydrogens is 476 g/mol. The Morgan fingerprint density at radius 1 is 0.556 bits per heavy atom. The zero-order valence-corrected chi connectivity index (χ0v) is 20.2. The van der Waals surface area contributed by atoms with Crippen molar-refractivity contribution in [3.8, 4) is 39.3 Å². The lowest BCUT2D eigenvalue weighted by Gasteiger charge is -2.17. The molecule has 0 fully saturated rings. The van der Waals surface area contributed by atoms with E-state index in [1.54, 1.807) is 0 Å². The van der Waals surface area contributed by atoms with Crippen LogP contribution in [0.3, 0.4) is 0 Å². The molecule has 0 unspecified atom stereocenters. The first-order valence-electron chi connectivity index (χ1n) is 11.1. The highest BCUT2D eigenvalue weighted by molar-refractivity contribution is 5.74. The third-order valence-corrected chi connectivity index (χ3v) is 5.51. The number of aryl methyl sites for hydroxylation is 1. The van der Waals surface area contributed by atoms with Gasteiger partial charge < -0.3 is 0 Å². The van der Waals surface area contributed by atoms with E-state index in [1.807, 2.05) is 12.4 Å². The highest BCUT2D eigenvalue weighted by atomic mass is 35.7. The van der Waals surface area contributed by atoms with E-state index >= 15 is 0 Å². The van der Waals surface area contributed by atoms with E-state index in [4.69, 9.17) is 18.6 Å². The lowest BCUT2D eigenvalue weighted by Crippen LogP contribution is -2.68. The second-order valence-corrected chi connectivity index (χ2v) is 8.79. The molecule has 0 aliphatic heterocycles. The molecule has 7 heteroatoms. The van der Waals surface area contributed by atoms with E-state index in [0.29, 0.717) is 0 Å². The Morgan fingerprint density at radius 2 is 1.00 bits per heavy atom. The molecule has 0 amide bonds. The number of rotatable bonds is 4. The van der Waals surface area contributed by atoms with E-state index in [1.165, 1.54) is 27.8 Å². The Morgan fingerprint density at radius 3 is 1.44 bits per heavy atom. The summed E-state index contributed by atoms with van der Waals surface area (Å²) in [6.07, 6.45) is 3.69. The molecular formula is C29H23ClN2O4. The summed E-state index contributed by atoms with van der Waals surface area (Å²) < 4.78 is 36.3. The summed E-state index contributed by atoms with van der Waals surface area (Å²) >= 11 is 0. The molecule has 3 aromatic carbocycles. The molecule has 0 bridgehead atoms. The topological polar surface area (TPSA) is 109 Å². The summed E-state index contributed by atoms with van der Waals surface area (Å²) in [5.41, 5.74) is 9.38. The molecule has 0 aliphatic rings. The first-order valence-corrected chi connectivity index (χ1v) is 12.3. The summed E-state index contributed by atoms with van der Waals surface area (Å²) in [4.78, 5) is 4.24. The van der Waals surface area contributed by atoms with E-state index in [9.17, 15) is 0 Å². The normalized spacial score (nSPS) is 10.9. The van der Waals surface area contributed by atoms with Crippen LogP contribution in [0.5, 0.6) is 0 Å². The maximum atomic E-state index is 8.49. The van der Waals surface area contributed by atoms with Crippen LogP contribution in [0.2, 0.25) is 0 Å². The van der Waals surface area contributed by atoms with Gasteiger partial charge in [0.2, 0.25) is 17.1 Å². The number of nitrogens with zero attached hydrogens (tertiary/aromatic N) is 2. The van der Waals surface area contributed by atoms with Gasteiger partial charge in [-0.15, -0.1) is 10.2 Å². The molecule has 36 heavy (non-hydrogen) atoms. The van der Waals surface area contributed by atoms with Crippen molar-refractivity contribution < 1.29 is 33.4 Å². The predicted octanol–water partition coefficient (Wildman–Crippen LogP) is 1.91. The van der Waals surface area contributed by atoms with Gasteiger partial charge in [0.15, 0.2) is 0 Å². The maximum absolute atomic E-state index is 8.49. The Labute approximate surface area is 211 Å². The fourth-order valence-electron chi connectivity index (χ4n) is 3.92. The largest absolute Gasteiger partial charge is 0.264 e. The van der Waals surface area contributed by atoms with Crippen LogP contribution in [0.25, 0.3) is 39.3 Å². The number of aromatic nitrogens is 2. The fourth-order valence-corrected chi connectivity index (χ4v) is 3.92.